The van der Waals surface area contributed by atoms with E-state index in [0.29, 0.717) is 31.2 Å². The van der Waals surface area contributed by atoms with Crippen molar-refractivity contribution in [3.63, 3.8) is 0 Å². The monoisotopic (exact) mass is 341 g/mol. The first-order valence-electron chi connectivity index (χ1n) is 7.19. The van der Waals surface area contributed by atoms with Crippen molar-refractivity contribution in [3.05, 3.63) is 29.3 Å². The molecular formula is C15H20ClN3O2S. The van der Waals surface area contributed by atoms with E-state index in [1.54, 1.807) is 0 Å². The first-order chi connectivity index (χ1) is 10.2. The van der Waals surface area contributed by atoms with Gasteiger partial charge >= 0.3 is 0 Å². The Hall–Kier alpha value is -1.21. The number of nitrogens with zero attached hydrogens (tertiary/aromatic N) is 2. The number of benzene rings is 1. The van der Waals surface area contributed by atoms with Crippen LogP contribution in [-0.2, 0) is 4.74 Å². The second kappa shape index (κ2) is 7.37. The van der Waals surface area contributed by atoms with Crippen molar-refractivity contribution in [3.8, 4) is 0 Å². The topological polar surface area (TPSA) is 68.5 Å². The van der Waals surface area contributed by atoms with E-state index >= 15 is 0 Å². The summed E-state index contributed by atoms with van der Waals surface area (Å²) in [5.74, 6) is 0.195. The standard InChI is InChI=1S/C15H19N3O2S.ClH/c1-2-20-12-9-18(8-10(12)7-16)15(19)14-17-11-5-3-4-6-13(11)21-14;/h3-6,10,12H,2,7-9,16H2,1H3;1H/t10-,12-;/m1./s1. The molecule has 5 nitrogen and oxygen atoms in total. The number of hydrogen-bond donors (Lipinski definition) is 1. The highest BCUT2D eigenvalue weighted by Gasteiger charge is 2.36. The molecule has 1 fully saturated rings. The molecule has 2 aromatic rings. The van der Waals surface area contributed by atoms with Gasteiger partial charge in [-0.2, -0.15) is 0 Å². The lowest BCUT2D eigenvalue weighted by Crippen LogP contribution is -2.30. The highest BCUT2D eigenvalue weighted by atomic mass is 35.5. The molecule has 0 radical (unpaired) electrons. The molecule has 2 atom stereocenters. The Morgan fingerprint density at radius 3 is 2.91 bits per heavy atom. The molecule has 1 saturated heterocycles. The summed E-state index contributed by atoms with van der Waals surface area (Å²) in [4.78, 5) is 18.9. The molecule has 1 amide bonds. The van der Waals surface area contributed by atoms with Gasteiger partial charge in [-0.1, -0.05) is 12.1 Å². The van der Waals surface area contributed by atoms with E-state index in [1.807, 2.05) is 36.1 Å². The summed E-state index contributed by atoms with van der Waals surface area (Å²) in [6.45, 7) is 4.39. The van der Waals surface area contributed by atoms with Gasteiger partial charge in [-0.25, -0.2) is 4.98 Å². The lowest BCUT2D eigenvalue weighted by molar-refractivity contribution is 0.0432. The normalized spacial score (nSPS) is 21.1. The molecule has 0 unspecified atom stereocenters. The molecule has 0 spiro atoms. The lowest BCUT2D eigenvalue weighted by atomic mass is 10.1. The van der Waals surface area contributed by atoms with Crippen LogP contribution in [0.4, 0.5) is 0 Å². The van der Waals surface area contributed by atoms with Crippen molar-refractivity contribution in [1.82, 2.24) is 9.88 Å². The zero-order valence-electron chi connectivity index (χ0n) is 12.4. The van der Waals surface area contributed by atoms with Crippen LogP contribution in [0, 0.1) is 5.92 Å². The number of hydrogen-bond acceptors (Lipinski definition) is 5. The molecule has 0 saturated carbocycles. The average Bonchev–Trinajstić information content (AvgIpc) is 3.10. The van der Waals surface area contributed by atoms with Crippen LogP contribution < -0.4 is 5.73 Å². The third kappa shape index (κ3) is 3.25. The molecule has 120 valence electrons. The van der Waals surface area contributed by atoms with Crippen LogP contribution in [0.1, 0.15) is 16.7 Å². The highest BCUT2D eigenvalue weighted by molar-refractivity contribution is 7.20. The van der Waals surface area contributed by atoms with Crippen molar-refractivity contribution in [2.45, 2.75) is 13.0 Å². The predicted octanol–water partition coefficient (Wildman–Crippen LogP) is 2.15. The summed E-state index contributed by atoms with van der Waals surface area (Å²) < 4.78 is 6.73. The number of aromatic nitrogens is 1. The van der Waals surface area contributed by atoms with Crippen LogP contribution in [0.25, 0.3) is 10.2 Å². The third-order valence-corrected chi connectivity index (χ3v) is 4.85. The van der Waals surface area contributed by atoms with Gasteiger partial charge in [0.05, 0.1) is 16.3 Å². The minimum absolute atomic E-state index is 0. The predicted molar refractivity (Wildman–Crippen MR) is 90.7 cm³/mol. The molecule has 0 aliphatic carbocycles. The molecule has 1 aromatic heterocycles. The lowest BCUT2D eigenvalue weighted by Gasteiger charge is -2.15. The Bertz CT molecular complexity index is 616. The van der Waals surface area contributed by atoms with Gasteiger partial charge in [-0.05, 0) is 25.6 Å². The average molecular weight is 342 g/mol. The number of nitrogens with two attached hydrogens (primary N) is 1. The number of fused-ring (bicyclic) bond motifs is 1. The van der Waals surface area contributed by atoms with Crippen molar-refractivity contribution < 1.29 is 9.53 Å². The first kappa shape index (κ1) is 17.1. The summed E-state index contributed by atoms with van der Waals surface area (Å²) in [7, 11) is 0. The Morgan fingerprint density at radius 1 is 1.45 bits per heavy atom. The zero-order valence-corrected chi connectivity index (χ0v) is 14.0. The van der Waals surface area contributed by atoms with Crippen LogP contribution in [0.5, 0.6) is 0 Å². The number of carbonyl (C=O) groups is 1. The zero-order chi connectivity index (χ0) is 14.8. The molecule has 1 aromatic carbocycles. The molecule has 7 heteroatoms. The number of rotatable bonds is 4. The number of para-hydroxylation sites is 1. The fraction of sp³-hybridized carbons (Fsp3) is 0.467. The van der Waals surface area contributed by atoms with E-state index in [-0.39, 0.29) is 30.3 Å². The van der Waals surface area contributed by atoms with Crippen LogP contribution in [0.15, 0.2) is 24.3 Å². The molecule has 2 N–H and O–H groups in total. The fourth-order valence-electron chi connectivity index (χ4n) is 2.74. The second-order valence-electron chi connectivity index (χ2n) is 5.19. The minimum atomic E-state index is -0.0168. The van der Waals surface area contributed by atoms with Crippen LogP contribution in [-0.4, -0.2) is 48.1 Å². The van der Waals surface area contributed by atoms with Gasteiger partial charge in [-0.15, -0.1) is 23.7 Å². The van der Waals surface area contributed by atoms with Crippen LogP contribution >= 0.6 is 23.7 Å². The van der Waals surface area contributed by atoms with Gasteiger partial charge in [0, 0.05) is 25.6 Å². The van der Waals surface area contributed by atoms with Gasteiger partial charge < -0.3 is 15.4 Å². The number of amides is 1. The van der Waals surface area contributed by atoms with E-state index < -0.39 is 0 Å². The maximum atomic E-state index is 12.6. The van der Waals surface area contributed by atoms with Gasteiger partial charge in [0.1, 0.15) is 0 Å². The van der Waals surface area contributed by atoms with Crippen molar-refractivity contribution in [2.75, 3.05) is 26.2 Å². The SMILES string of the molecule is CCO[C@@H]1CN(C(=O)c2nc3ccccc3s2)C[C@H]1CN.Cl. The maximum Gasteiger partial charge on any atom is 0.282 e. The molecular weight excluding hydrogens is 322 g/mol. The summed E-state index contributed by atoms with van der Waals surface area (Å²) in [5, 5.41) is 0.545. The van der Waals surface area contributed by atoms with Gasteiger partial charge in [0.15, 0.2) is 5.01 Å². The highest BCUT2D eigenvalue weighted by Crippen LogP contribution is 2.26. The number of likely N-dealkylation sites (tertiary alicyclic amines) is 1. The smallest absolute Gasteiger partial charge is 0.282 e. The summed E-state index contributed by atoms with van der Waals surface area (Å²) >= 11 is 1.44. The quantitative estimate of drug-likeness (QED) is 0.925. The van der Waals surface area contributed by atoms with Crippen molar-refractivity contribution in [1.29, 1.82) is 0 Å². The van der Waals surface area contributed by atoms with Gasteiger partial charge in [0.2, 0.25) is 0 Å². The fourth-order valence-corrected chi connectivity index (χ4v) is 3.67. The molecule has 22 heavy (non-hydrogen) atoms. The Labute approximate surface area is 139 Å². The minimum Gasteiger partial charge on any atom is -0.376 e. The second-order valence-corrected chi connectivity index (χ2v) is 6.22. The first-order valence-corrected chi connectivity index (χ1v) is 8.01. The Kier molecular flexibility index (Phi) is 5.74. The van der Waals surface area contributed by atoms with Gasteiger partial charge in [-0.3, -0.25) is 4.79 Å². The number of thiazole rings is 1. The van der Waals surface area contributed by atoms with E-state index in [9.17, 15) is 4.79 Å². The number of halogens is 1. The molecule has 2 heterocycles. The molecule has 0 bridgehead atoms. The molecule has 1 aliphatic heterocycles. The summed E-state index contributed by atoms with van der Waals surface area (Å²) in [5.41, 5.74) is 6.66. The van der Waals surface area contributed by atoms with Crippen molar-refractivity contribution in [2.24, 2.45) is 11.7 Å². The van der Waals surface area contributed by atoms with E-state index in [0.717, 1.165) is 10.2 Å². The summed E-state index contributed by atoms with van der Waals surface area (Å²) in [6, 6.07) is 7.81. The third-order valence-electron chi connectivity index (χ3n) is 3.83. The van der Waals surface area contributed by atoms with E-state index in [1.165, 1.54) is 11.3 Å². The van der Waals surface area contributed by atoms with Crippen LogP contribution in [0.3, 0.4) is 0 Å². The number of carbonyl (C=O) groups excluding carboxylic acids is 1. The van der Waals surface area contributed by atoms with Crippen molar-refractivity contribution >= 4 is 39.9 Å². The molecule has 3 rings (SSSR count). The van der Waals surface area contributed by atoms with E-state index in [4.69, 9.17) is 10.5 Å². The van der Waals surface area contributed by atoms with Crippen LogP contribution in [0.2, 0.25) is 0 Å². The summed E-state index contributed by atoms with van der Waals surface area (Å²) in [6.07, 6.45) is 0.0401. The van der Waals surface area contributed by atoms with E-state index in [2.05, 4.69) is 4.98 Å². The Morgan fingerprint density at radius 2 is 2.23 bits per heavy atom. The largest absolute Gasteiger partial charge is 0.376 e. The Balaban J connectivity index is 0.00000176. The van der Waals surface area contributed by atoms with Gasteiger partial charge in [0.25, 0.3) is 5.91 Å². The number of ether oxygens (including phenoxy) is 1. The maximum absolute atomic E-state index is 12.6. The molecule has 1 aliphatic rings.